The molecular formula is C90H159NO18. The Bertz CT molecular complexity index is 2340. The zero-order chi connectivity index (χ0) is 78.8. The zero-order valence-corrected chi connectivity index (χ0v) is 68.0. The van der Waals surface area contributed by atoms with E-state index in [1.54, 1.807) is 0 Å². The molecule has 3 saturated heterocycles. The number of allylic oxidation sites excluding steroid dienone is 16. The Morgan fingerprint density at radius 3 is 0.991 bits per heavy atom. The van der Waals surface area contributed by atoms with E-state index >= 15 is 0 Å². The van der Waals surface area contributed by atoms with Crippen LogP contribution in [0.2, 0.25) is 0 Å². The van der Waals surface area contributed by atoms with Crippen LogP contribution < -0.4 is 5.32 Å². The molecule has 3 aliphatic heterocycles. The molecule has 19 heteroatoms. The second-order valence-electron chi connectivity index (χ2n) is 31.0. The first-order chi connectivity index (χ1) is 53.3. The van der Waals surface area contributed by atoms with Crippen LogP contribution in [-0.4, -0.2) is 193 Å². The number of nitrogens with one attached hydrogen (secondary N) is 1. The van der Waals surface area contributed by atoms with Crippen molar-refractivity contribution in [3.63, 3.8) is 0 Å². The van der Waals surface area contributed by atoms with Gasteiger partial charge in [0.15, 0.2) is 18.9 Å². The molecule has 0 spiro atoms. The Balaban J connectivity index is 1.33. The first-order valence-electron chi connectivity index (χ1n) is 44.0. The maximum Gasteiger partial charge on any atom is 0.220 e. The van der Waals surface area contributed by atoms with Gasteiger partial charge in [0, 0.05) is 6.42 Å². The third kappa shape index (κ3) is 48.0. The highest BCUT2D eigenvalue weighted by Gasteiger charge is 2.54. The van der Waals surface area contributed by atoms with Crippen LogP contribution in [0, 0.1) is 0 Å². The van der Waals surface area contributed by atoms with Gasteiger partial charge in [0.1, 0.15) is 73.2 Å². The number of aliphatic hydroxyl groups is 11. The van der Waals surface area contributed by atoms with Crippen LogP contribution in [0.25, 0.3) is 0 Å². The number of ether oxygens (including phenoxy) is 6. The molecule has 1 amide bonds. The van der Waals surface area contributed by atoms with E-state index < -0.39 is 124 Å². The highest BCUT2D eigenvalue weighted by Crippen LogP contribution is 2.33. The molecule has 0 bridgehead atoms. The topological polar surface area (TPSA) is 307 Å². The summed E-state index contributed by atoms with van der Waals surface area (Å²) in [6.07, 6.45) is 67.8. The van der Waals surface area contributed by atoms with Crippen LogP contribution >= 0.6 is 0 Å². The number of unbranched alkanes of at least 4 members (excludes halogenated alkanes) is 38. The molecule has 0 saturated carbocycles. The summed E-state index contributed by atoms with van der Waals surface area (Å²) in [5, 5.41) is 121. The van der Waals surface area contributed by atoms with Gasteiger partial charge in [-0.3, -0.25) is 4.79 Å². The van der Waals surface area contributed by atoms with Gasteiger partial charge in [0.05, 0.1) is 38.6 Å². The number of amides is 1. The zero-order valence-electron chi connectivity index (χ0n) is 68.0. The molecule has 17 unspecified atom stereocenters. The SMILES string of the molecule is CC/C=C\C/C=C\C/C=C\C/C=C\C/C=C\C/C=C\C/C=C\C/C=C\CCCCCCCCCCCCCCC(=O)NC(COC1OC(CO)C(OC2OC(CO)C(OC3OC(CO)C(O)C(O)C3O)C(O)C2O)C(O)C1O)C(O)CCCCCCCCCCCCCCCCCCCCCCCCCCCCC. The molecule has 0 aliphatic carbocycles. The Labute approximate surface area is 660 Å². The first kappa shape index (κ1) is 99.9. The predicted octanol–water partition coefficient (Wildman–Crippen LogP) is 16.3. The Morgan fingerprint density at radius 2 is 0.633 bits per heavy atom. The largest absolute Gasteiger partial charge is 0.394 e. The van der Waals surface area contributed by atoms with Crippen molar-refractivity contribution in [2.45, 2.75) is 439 Å². The van der Waals surface area contributed by atoms with Crippen LogP contribution in [0.15, 0.2) is 97.2 Å². The highest BCUT2D eigenvalue weighted by molar-refractivity contribution is 5.76. The summed E-state index contributed by atoms with van der Waals surface area (Å²) in [5.41, 5.74) is 0. The molecule has 3 heterocycles. The second kappa shape index (κ2) is 69.1. The molecule has 19 nitrogen and oxygen atoms in total. The third-order valence-corrected chi connectivity index (χ3v) is 21.4. The standard InChI is InChI=1S/C90H159NO18/c1-3-5-7-9-11-13-15-17-19-21-23-25-27-29-31-32-33-34-35-36-37-38-39-40-42-44-46-48-50-52-54-56-58-60-62-64-66-68-78(96)91-73(74(95)67-65-63-61-59-57-55-53-51-49-47-45-43-41-30-28-26-24-22-20-18-16-14-12-10-8-6-4-2)72-104-88-84(102)81(99)86(76(70-93)106-88)109-90-85(103)82(100)87(77(71-94)107-90)108-89-83(101)80(98)79(97)75(69-92)105-89/h5,7,11,13,17,19,23,25,29,31,33-34,36-37,39-40,73-77,79-90,92-95,97-103H,3-4,6,8-10,12,14-16,18,20-22,24,26-28,30,32,35,38,41-72H2,1-2H3,(H,91,96)/b7-5-,13-11-,19-17-,25-23-,31-29-,34-33-,37-36-,40-39-. The maximum atomic E-state index is 13.5. The van der Waals surface area contributed by atoms with Gasteiger partial charge in [-0.25, -0.2) is 0 Å². The van der Waals surface area contributed by atoms with Crippen LogP contribution in [-0.2, 0) is 33.2 Å². The van der Waals surface area contributed by atoms with Gasteiger partial charge in [-0.2, -0.15) is 0 Å². The summed E-state index contributed by atoms with van der Waals surface area (Å²) in [4.78, 5) is 13.5. The number of carbonyl (C=O) groups is 1. The lowest BCUT2D eigenvalue weighted by molar-refractivity contribution is -0.379. The van der Waals surface area contributed by atoms with Gasteiger partial charge >= 0.3 is 0 Å². The lowest BCUT2D eigenvalue weighted by Crippen LogP contribution is -2.66. The highest BCUT2D eigenvalue weighted by atomic mass is 16.8. The summed E-state index contributed by atoms with van der Waals surface area (Å²) in [6.45, 7) is 1.73. The Hall–Kier alpha value is -3.29. The number of carbonyl (C=O) groups excluding carboxylic acids is 1. The van der Waals surface area contributed by atoms with E-state index in [9.17, 15) is 61.0 Å². The van der Waals surface area contributed by atoms with Crippen molar-refractivity contribution in [1.29, 1.82) is 0 Å². The van der Waals surface area contributed by atoms with E-state index in [4.69, 9.17) is 28.4 Å². The molecule has 3 fully saturated rings. The normalized spacial score (nSPS) is 25.8. The summed E-state index contributed by atoms with van der Waals surface area (Å²) >= 11 is 0. The minimum Gasteiger partial charge on any atom is -0.394 e. The summed E-state index contributed by atoms with van der Waals surface area (Å²) < 4.78 is 34.6. The van der Waals surface area contributed by atoms with Gasteiger partial charge in [-0.05, 0) is 77.0 Å². The molecule has 0 aromatic carbocycles. The molecule has 3 aliphatic rings. The van der Waals surface area contributed by atoms with Crippen molar-refractivity contribution in [2.75, 3.05) is 26.4 Å². The van der Waals surface area contributed by atoms with Gasteiger partial charge < -0.3 is 89.9 Å². The van der Waals surface area contributed by atoms with Crippen molar-refractivity contribution < 1.29 is 89.4 Å². The minimum atomic E-state index is -1.98. The fraction of sp³-hybridized carbons (Fsp3) is 0.811. The van der Waals surface area contributed by atoms with Gasteiger partial charge in [-0.15, -0.1) is 0 Å². The van der Waals surface area contributed by atoms with Crippen molar-refractivity contribution in [2.24, 2.45) is 0 Å². The lowest BCUT2D eigenvalue weighted by atomic mass is 9.96. The van der Waals surface area contributed by atoms with E-state index in [1.807, 2.05) is 0 Å². The summed E-state index contributed by atoms with van der Waals surface area (Å²) in [6, 6.07) is -0.896. The number of hydrogen-bond acceptors (Lipinski definition) is 18. The second-order valence-corrected chi connectivity index (χ2v) is 31.0. The lowest BCUT2D eigenvalue weighted by Gasteiger charge is -2.48. The molecule has 12 N–H and O–H groups in total. The summed E-state index contributed by atoms with van der Waals surface area (Å²) in [5.74, 6) is -0.244. The van der Waals surface area contributed by atoms with Gasteiger partial charge in [0.2, 0.25) is 5.91 Å². The van der Waals surface area contributed by atoms with E-state index in [1.165, 1.54) is 199 Å². The fourth-order valence-electron chi connectivity index (χ4n) is 14.5. The van der Waals surface area contributed by atoms with E-state index in [0.29, 0.717) is 12.8 Å². The Morgan fingerprint density at radius 1 is 0.339 bits per heavy atom. The summed E-state index contributed by atoms with van der Waals surface area (Å²) in [7, 11) is 0. The maximum absolute atomic E-state index is 13.5. The number of hydrogen-bond donors (Lipinski definition) is 12. The van der Waals surface area contributed by atoms with Crippen LogP contribution in [0.3, 0.4) is 0 Å². The minimum absolute atomic E-state index is 0.244. The van der Waals surface area contributed by atoms with Crippen molar-refractivity contribution in [3.05, 3.63) is 97.2 Å². The van der Waals surface area contributed by atoms with E-state index in [-0.39, 0.29) is 18.9 Å². The molecule has 3 rings (SSSR count). The van der Waals surface area contributed by atoms with Crippen molar-refractivity contribution in [3.8, 4) is 0 Å². The third-order valence-electron chi connectivity index (χ3n) is 21.4. The van der Waals surface area contributed by atoms with Gasteiger partial charge in [0.25, 0.3) is 0 Å². The average molecular weight is 1540 g/mol. The number of rotatable bonds is 70. The smallest absolute Gasteiger partial charge is 0.220 e. The predicted molar refractivity (Wildman–Crippen MR) is 438 cm³/mol. The van der Waals surface area contributed by atoms with E-state index in [0.717, 1.165) is 103 Å². The molecule has 109 heavy (non-hydrogen) atoms. The van der Waals surface area contributed by atoms with E-state index in [2.05, 4.69) is 116 Å². The molecule has 17 atom stereocenters. The number of aliphatic hydroxyl groups excluding tert-OH is 11. The monoisotopic (exact) mass is 1540 g/mol. The van der Waals surface area contributed by atoms with Crippen LogP contribution in [0.1, 0.15) is 335 Å². The molecule has 632 valence electrons. The van der Waals surface area contributed by atoms with Crippen LogP contribution in [0.4, 0.5) is 0 Å². The van der Waals surface area contributed by atoms with Crippen molar-refractivity contribution >= 4 is 5.91 Å². The molecule has 0 radical (unpaired) electrons. The van der Waals surface area contributed by atoms with Gasteiger partial charge in [-0.1, -0.05) is 349 Å². The fourth-order valence-corrected chi connectivity index (χ4v) is 14.5. The Kier molecular flexibility index (Phi) is 63.3. The average Bonchev–Trinajstić information content (AvgIpc) is 0.760. The molecule has 0 aromatic rings. The first-order valence-corrected chi connectivity index (χ1v) is 44.0. The van der Waals surface area contributed by atoms with Crippen molar-refractivity contribution in [1.82, 2.24) is 5.32 Å². The van der Waals surface area contributed by atoms with Crippen LogP contribution in [0.5, 0.6) is 0 Å². The molecule has 0 aromatic heterocycles. The molecular weight excluding hydrogens is 1380 g/mol. The quantitative estimate of drug-likeness (QED) is 0.0199.